The molecule has 1 atom stereocenters. The first-order chi connectivity index (χ1) is 13.8. The minimum atomic E-state index is -3.99. The molecule has 0 bridgehead atoms. The standard InChI is InChI=1S/C21H20N4O3S/c1-28-15-8-10-16(11-9-15)29(26,27)20-19(21(23)12-4-5-14(22)13-21)24-17-6-2-3-7-18(17)25-20/h2-12H,13,22-23H2,1H3. The summed E-state index contributed by atoms with van der Waals surface area (Å²) < 4.78 is 32.1. The van der Waals surface area contributed by atoms with Crippen molar-refractivity contribution in [2.24, 2.45) is 11.5 Å². The Bertz CT molecular complexity index is 1250. The van der Waals surface area contributed by atoms with Crippen molar-refractivity contribution in [2.75, 3.05) is 7.11 Å². The maximum Gasteiger partial charge on any atom is 0.225 e. The van der Waals surface area contributed by atoms with Gasteiger partial charge in [-0.3, -0.25) is 0 Å². The van der Waals surface area contributed by atoms with Gasteiger partial charge in [-0.05, 0) is 42.5 Å². The molecule has 1 heterocycles. The van der Waals surface area contributed by atoms with Gasteiger partial charge < -0.3 is 16.2 Å². The van der Waals surface area contributed by atoms with E-state index in [2.05, 4.69) is 9.97 Å². The molecule has 7 nitrogen and oxygen atoms in total. The number of hydrogen-bond donors (Lipinski definition) is 2. The third-order valence-electron chi connectivity index (χ3n) is 4.80. The van der Waals surface area contributed by atoms with Crippen LogP contribution in [-0.2, 0) is 15.4 Å². The second-order valence-electron chi connectivity index (χ2n) is 6.86. The Morgan fingerprint density at radius 2 is 1.69 bits per heavy atom. The number of aromatic nitrogens is 2. The molecule has 1 unspecified atom stereocenters. The van der Waals surface area contributed by atoms with Gasteiger partial charge in [0.15, 0.2) is 5.03 Å². The topological polar surface area (TPSA) is 121 Å². The van der Waals surface area contributed by atoms with Crippen molar-refractivity contribution in [3.8, 4) is 5.75 Å². The fraction of sp³-hybridized carbons (Fsp3) is 0.143. The molecule has 148 valence electrons. The van der Waals surface area contributed by atoms with E-state index in [0.717, 1.165) is 0 Å². The molecular formula is C21H20N4O3S. The molecule has 0 radical (unpaired) electrons. The lowest BCUT2D eigenvalue weighted by Gasteiger charge is -2.29. The summed E-state index contributed by atoms with van der Waals surface area (Å²) in [7, 11) is -2.48. The molecule has 8 heteroatoms. The van der Waals surface area contributed by atoms with Crippen molar-refractivity contribution < 1.29 is 13.2 Å². The van der Waals surface area contributed by atoms with Crippen LogP contribution in [0.4, 0.5) is 0 Å². The Labute approximate surface area is 168 Å². The smallest absolute Gasteiger partial charge is 0.225 e. The normalized spacial score (nSPS) is 19.2. The highest BCUT2D eigenvalue weighted by Crippen LogP contribution is 2.35. The lowest BCUT2D eigenvalue weighted by atomic mass is 9.87. The van der Waals surface area contributed by atoms with Crippen LogP contribution in [0.3, 0.4) is 0 Å². The molecule has 0 spiro atoms. The highest BCUT2D eigenvalue weighted by molar-refractivity contribution is 7.91. The molecule has 3 aromatic rings. The van der Waals surface area contributed by atoms with Crippen molar-refractivity contribution >= 4 is 20.9 Å². The molecule has 1 aliphatic carbocycles. The van der Waals surface area contributed by atoms with Gasteiger partial charge in [0.25, 0.3) is 0 Å². The molecule has 1 aromatic heterocycles. The average molecular weight is 408 g/mol. The molecule has 2 aromatic carbocycles. The number of nitrogens with zero attached hydrogens (tertiary/aromatic N) is 2. The summed E-state index contributed by atoms with van der Waals surface area (Å²) >= 11 is 0. The minimum absolute atomic E-state index is 0.0797. The molecule has 0 fully saturated rings. The summed E-state index contributed by atoms with van der Waals surface area (Å²) in [6, 6.07) is 13.2. The summed E-state index contributed by atoms with van der Waals surface area (Å²) in [6.45, 7) is 0. The summed E-state index contributed by atoms with van der Waals surface area (Å²) in [5.41, 5.74) is 13.1. The zero-order valence-corrected chi connectivity index (χ0v) is 16.6. The molecule has 29 heavy (non-hydrogen) atoms. The number of methoxy groups -OCH3 is 1. The second-order valence-corrected chi connectivity index (χ2v) is 8.73. The number of rotatable bonds is 4. The molecule has 0 saturated carbocycles. The van der Waals surface area contributed by atoms with Crippen molar-refractivity contribution in [1.29, 1.82) is 0 Å². The van der Waals surface area contributed by atoms with Crippen molar-refractivity contribution in [2.45, 2.75) is 21.9 Å². The lowest BCUT2D eigenvalue weighted by Crippen LogP contribution is -2.40. The van der Waals surface area contributed by atoms with Crippen LogP contribution in [0.5, 0.6) is 5.75 Å². The first kappa shape index (κ1) is 19.1. The molecule has 0 amide bonds. The monoisotopic (exact) mass is 408 g/mol. The van der Waals surface area contributed by atoms with E-state index < -0.39 is 15.4 Å². The molecule has 0 saturated heterocycles. The first-order valence-corrected chi connectivity index (χ1v) is 10.4. The Morgan fingerprint density at radius 3 is 2.31 bits per heavy atom. The highest BCUT2D eigenvalue weighted by Gasteiger charge is 2.37. The van der Waals surface area contributed by atoms with Crippen LogP contribution in [0, 0.1) is 0 Å². The summed E-state index contributed by atoms with van der Waals surface area (Å²) in [5.74, 6) is 0.553. The Balaban J connectivity index is 1.97. The van der Waals surface area contributed by atoms with Gasteiger partial charge in [-0.15, -0.1) is 0 Å². The first-order valence-electron chi connectivity index (χ1n) is 8.93. The fourth-order valence-corrected chi connectivity index (χ4v) is 4.73. The number of ether oxygens (including phenoxy) is 1. The fourth-order valence-electron chi connectivity index (χ4n) is 3.30. The number of nitrogens with two attached hydrogens (primary N) is 2. The van der Waals surface area contributed by atoms with Gasteiger partial charge in [0, 0.05) is 12.1 Å². The van der Waals surface area contributed by atoms with Gasteiger partial charge in [-0.25, -0.2) is 18.4 Å². The van der Waals surface area contributed by atoms with Gasteiger partial charge in [-0.1, -0.05) is 24.3 Å². The van der Waals surface area contributed by atoms with E-state index in [1.165, 1.54) is 19.2 Å². The van der Waals surface area contributed by atoms with Gasteiger partial charge in [0.2, 0.25) is 9.84 Å². The number of para-hydroxylation sites is 2. The zero-order valence-electron chi connectivity index (χ0n) is 15.7. The lowest BCUT2D eigenvalue weighted by molar-refractivity contribution is 0.414. The third-order valence-corrected chi connectivity index (χ3v) is 6.49. The van der Waals surface area contributed by atoms with Crippen molar-refractivity contribution in [3.05, 3.63) is 78.1 Å². The number of allylic oxidation sites excluding steroid dienone is 2. The minimum Gasteiger partial charge on any atom is -0.497 e. The van der Waals surface area contributed by atoms with E-state index in [-0.39, 0.29) is 22.0 Å². The van der Waals surface area contributed by atoms with Crippen LogP contribution in [0.25, 0.3) is 11.0 Å². The molecule has 4 rings (SSSR count). The number of sulfone groups is 1. The SMILES string of the molecule is COc1ccc(S(=O)(=O)c2nc3ccccc3nc2C2(N)C=CC=C(N)C2)cc1. The Hall–Kier alpha value is -3.23. The van der Waals surface area contributed by atoms with Crippen LogP contribution in [0.15, 0.2) is 82.4 Å². The van der Waals surface area contributed by atoms with Crippen LogP contribution in [0.2, 0.25) is 0 Å². The van der Waals surface area contributed by atoms with Gasteiger partial charge in [0.05, 0.1) is 28.6 Å². The number of fused-ring (bicyclic) bond motifs is 1. The zero-order chi connectivity index (χ0) is 20.6. The average Bonchev–Trinajstić information content (AvgIpc) is 2.72. The summed E-state index contributed by atoms with van der Waals surface area (Å²) in [5, 5.41) is -0.178. The maximum absolute atomic E-state index is 13.5. The maximum atomic E-state index is 13.5. The van der Waals surface area contributed by atoms with E-state index in [4.69, 9.17) is 16.2 Å². The Morgan fingerprint density at radius 1 is 1.03 bits per heavy atom. The van der Waals surface area contributed by atoms with Gasteiger partial charge in [0.1, 0.15) is 11.4 Å². The predicted molar refractivity (Wildman–Crippen MR) is 110 cm³/mol. The van der Waals surface area contributed by atoms with Crippen molar-refractivity contribution in [1.82, 2.24) is 9.97 Å². The van der Waals surface area contributed by atoms with Gasteiger partial charge >= 0.3 is 0 Å². The Kier molecular flexibility index (Phi) is 4.60. The highest BCUT2D eigenvalue weighted by atomic mass is 32.2. The number of hydrogen-bond acceptors (Lipinski definition) is 7. The molecule has 1 aliphatic rings. The largest absolute Gasteiger partial charge is 0.497 e. The van der Waals surface area contributed by atoms with Gasteiger partial charge in [-0.2, -0.15) is 0 Å². The second kappa shape index (κ2) is 6.98. The molecular weight excluding hydrogens is 388 g/mol. The van der Waals surface area contributed by atoms with E-state index in [0.29, 0.717) is 22.5 Å². The summed E-state index contributed by atoms with van der Waals surface area (Å²) in [4.78, 5) is 9.14. The quantitative estimate of drug-likeness (QED) is 0.680. The molecule has 4 N–H and O–H groups in total. The van der Waals surface area contributed by atoms with Crippen LogP contribution in [-0.4, -0.2) is 25.5 Å². The van der Waals surface area contributed by atoms with Crippen LogP contribution >= 0.6 is 0 Å². The van der Waals surface area contributed by atoms with E-state index in [1.807, 2.05) is 6.07 Å². The van der Waals surface area contributed by atoms with E-state index in [9.17, 15) is 8.42 Å². The van der Waals surface area contributed by atoms with Crippen LogP contribution in [0.1, 0.15) is 12.1 Å². The van der Waals surface area contributed by atoms with Crippen molar-refractivity contribution in [3.63, 3.8) is 0 Å². The summed E-state index contributed by atoms with van der Waals surface area (Å²) in [6.07, 6.45) is 5.38. The third kappa shape index (κ3) is 3.37. The van der Waals surface area contributed by atoms with Crippen LogP contribution < -0.4 is 16.2 Å². The number of benzene rings is 2. The molecule has 0 aliphatic heterocycles. The van der Waals surface area contributed by atoms with E-state index in [1.54, 1.807) is 48.6 Å². The van der Waals surface area contributed by atoms with E-state index >= 15 is 0 Å². The predicted octanol–water partition coefficient (Wildman–Crippen LogP) is 2.43.